The van der Waals surface area contributed by atoms with Crippen LogP contribution in [0.15, 0.2) is 12.2 Å². The van der Waals surface area contributed by atoms with E-state index in [0.717, 1.165) is 6.54 Å². The number of hydrogen-bond donors (Lipinski definition) is 0. The average Bonchev–Trinajstić information content (AvgIpc) is 2.05. The van der Waals surface area contributed by atoms with Gasteiger partial charge in [-0.2, -0.15) is 0 Å². The van der Waals surface area contributed by atoms with Crippen LogP contribution in [0.1, 0.15) is 33.1 Å². The zero-order valence-corrected chi connectivity index (χ0v) is 8.42. The normalized spacial score (nSPS) is 20.9. The number of piperidine rings is 1. The third-order valence-corrected chi connectivity index (χ3v) is 2.33. The zero-order chi connectivity index (χ0) is 8.81. The summed E-state index contributed by atoms with van der Waals surface area (Å²) in [5.41, 5.74) is 0. The van der Waals surface area contributed by atoms with Crippen LogP contribution in [0, 0.1) is 5.92 Å². The van der Waals surface area contributed by atoms with Gasteiger partial charge in [-0.25, -0.2) is 0 Å². The first-order valence-corrected chi connectivity index (χ1v) is 5.18. The number of allylic oxidation sites excluding steroid dienone is 1. The lowest BCUT2D eigenvalue weighted by Crippen LogP contribution is -2.29. The first-order chi connectivity index (χ1) is 5.79. The van der Waals surface area contributed by atoms with Gasteiger partial charge in [0.15, 0.2) is 0 Å². The molecule has 1 aliphatic rings. The smallest absolute Gasteiger partial charge is 0.0163 e. The van der Waals surface area contributed by atoms with E-state index in [-0.39, 0.29) is 0 Å². The molecule has 1 aliphatic heterocycles. The number of hydrogen-bond acceptors (Lipinski definition) is 1. The first-order valence-electron chi connectivity index (χ1n) is 5.18. The molecule has 1 nitrogen and oxygen atoms in total. The number of rotatable bonds is 3. The second-order valence-corrected chi connectivity index (χ2v) is 4.03. The third-order valence-electron chi connectivity index (χ3n) is 2.33. The standard InChI is InChI=1S/C11H21N/c1-11(2)7-6-10-12-8-4-3-5-9-12/h6-7,11H,3-5,8-10H2,1-2H3/b7-6+. The van der Waals surface area contributed by atoms with E-state index in [1.807, 2.05) is 0 Å². The molecule has 12 heavy (non-hydrogen) atoms. The Balaban J connectivity index is 2.12. The SMILES string of the molecule is CC(C)/C=C/CN1CCCCC1. The minimum Gasteiger partial charge on any atom is -0.300 e. The van der Waals surface area contributed by atoms with Crippen LogP contribution >= 0.6 is 0 Å². The zero-order valence-electron chi connectivity index (χ0n) is 8.42. The molecule has 0 spiro atoms. The Kier molecular flexibility index (Phi) is 4.37. The van der Waals surface area contributed by atoms with Gasteiger partial charge in [0.25, 0.3) is 0 Å². The van der Waals surface area contributed by atoms with E-state index in [4.69, 9.17) is 0 Å². The lowest BCUT2D eigenvalue weighted by molar-refractivity contribution is 0.251. The van der Waals surface area contributed by atoms with Crippen LogP contribution in [0.4, 0.5) is 0 Å². The van der Waals surface area contributed by atoms with Crippen molar-refractivity contribution >= 4 is 0 Å². The molecule has 0 unspecified atom stereocenters. The summed E-state index contributed by atoms with van der Waals surface area (Å²) >= 11 is 0. The molecule has 0 amide bonds. The molecule has 0 saturated carbocycles. The van der Waals surface area contributed by atoms with Crippen LogP contribution in [0.2, 0.25) is 0 Å². The van der Waals surface area contributed by atoms with Crippen molar-refractivity contribution in [2.24, 2.45) is 5.92 Å². The summed E-state index contributed by atoms with van der Waals surface area (Å²) in [5, 5.41) is 0. The van der Waals surface area contributed by atoms with Crippen molar-refractivity contribution in [3.05, 3.63) is 12.2 Å². The van der Waals surface area contributed by atoms with Crippen molar-refractivity contribution < 1.29 is 0 Å². The largest absolute Gasteiger partial charge is 0.300 e. The molecule has 0 aliphatic carbocycles. The Morgan fingerprint density at radius 3 is 2.42 bits per heavy atom. The van der Waals surface area contributed by atoms with Gasteiger partial charge in [0.2, 0.25) is 0 Å². The monoisotopic (exact) mass is 167 g/mol. The van der Waals surface area contributed by atoms with Crippen molar-refractivity contribution in [3.8, 4) is 0 Å². The second kappa shape index (κ2) is 5.36. The fraction of sp³-hybridized carbons (Fsp3) is 0.818. The van der Waals surface area contributed by atoms with E-state index in [1.54, 1.807) is 0 Å². The Hall–Kier alpha value is -0.300. The van der Waals surface area contributed by atoms with Crippen molar-refractivity contribution in [2.75, 3.05) is 19.6 Å². The molecular formula is C11H21N. The molecular weight excluding hydrogens is 146 g/mol. The van der Waals surface area contributed by atoms with Crippen molar-refractivity contribution in [2.45, 2.75) is 33.1 Å². The maximum absolute atomic E-state index is 2.54. The van der Waals surface area contributed by atoms with E-state index >= 15 is 0 Å². The molecule has 0 atom stereocenters. The molecule has 0 aromatic rings. The minimum atomic E-state index is 0.704. The van der Waals surface area contributed by atoms with Gasteiger partial charge in [-0.3, -0.25) is 4.90 Å². The highest BCUT2D eigenvalue weighted by molar-refractivity contribution is 4.87. The number of nitrogens with zero attached hydrogens (tertiary/aromatic N) is 1. The highest BCUT2D eigenvalue weighted by Crippen LogP contribution is 2.08. The van der Waals surface area contributed by atoms with Crippen LogP contribution in [0.25, 0.3) is 0 Å². The minimum absolute atomic E-state index is 0.704. The summed E-state index contributed by atoms with van der Waals surface area (Å²) in [6.07, 6.45) is 8.85. The van der Waals surface area contributed by atoms with Crippen molar-refractivity contribution in [3.63, 3.8) is 0 Å². The van der Waals surface area contributed by atoms with E-state index in [2.05, 4.69) is 30.9 Å². The molecule has 1 heterocycles. The topological polar surface area (TPSA) is 3.24 Å². The Labute approximate surface area is 76.5 Å². The first kappa shape index (κ1) is 9.79. The van der Waals surface area contributed by atoms with Gasteiger partial charge in [0, 0.05) is 6.54 Å². The fourth-order valence-electron chi connectivity index (χ4n) is 1.62. The van der Waals surface area contributed by atoms with Crippen molar-refractivity contribution in [1.29, 1.82) is 0 Å². The summed E-state index contributed by atoms with van der Waals surface area (Å²) < 4.78 is 0. The van der Waals surface area contributed by atoms with Crippen LogP contribution in [-0.2, 0) is 0 Å². The van der Waals surface area contributed by atoms with Crippen LogP contribution in [0.3, 0.4) is 0 Å². The average molecular weight is 167 g/mol. The molecule has 1 heteroatoms. The molecule has 0 aromatic carbocycles. The predicted molar refractivity (Wildman–Crippen MR) is 54.3 cm³/mol. The summed E-state index contributed by atoms with van der Waals surface area (Å²) in [4.78, 5) is 2.54. The second-order valence-electron chi connectivity index (χ2n) is 4.03. The molecule has 1 rings (SSSR count). The third kappa shape index (κ3) is 3.91. The quantitative estimate of drug-likeness (QED) is 0.584. The summed E-state index contributed by atoms with van der Waals surface area (Å²) in [6.45, 7) is 8.24. The predicted octanol–water partition coefficient (Wildman–Crippen LogP) is 2.68. The van der Waals surface area contributed by atoms with Crippen LogP contribution in [0.5, 0.6) is 0 Å². The Morgan fingerprint density at radius 1 is 1.17 bits per heavy atom. The Bertz CT molecular complexity index is 132. The molecule has 1 fully saturated rings. The number of likely N-dealkylation sites (tertiary alicyclic amines) is 1. The highest BCUT2D eigenvalue weighted by Gasteiger charge is 2.07. The van der Waals surface area contributed by atoms with Gasteiger partial charge in [-0.1, -0.05) is 32.4 Å². The van der Waals surface area contributed by atoms with Gasteiger partial charge < -0.3 is 0 Å². The van der Waals surface area contributed by atoms with E-state index in [1.165, 1.54) is 32.4 Å². The molecule has 0 bridgehead atoms. The molecule has 0 N–H and O–H groups in total. The van der Waals surface area contributed by atoms with Crippen molar-refractivity contribution in [1.82, 2.24) is 4.90 Å². The van der Waals surface area contributed by atoms with Gasteiger partial charge >= 0.3 is 0 Å². The van der Waals surface area contributed by atoms with E-state index in [9.17, 15) is 0 Å². The molecule has 1 saturated heterocycles. The maximum Gasteiger partial charge on any atom is 0.0163 e. The molecule has 70 valence electrons. The molecule has 0 aromatic heterocycles. The summed E-state index contributed by atoms with van der Waals surface area (Å²) in [5.74, 6) is 0.704. The van der Waals surface area contributed by atoms with E-state index in [0.29, 0.717) is 5.92 Å². The van der Waals surface area contributed by atoms with Gasteiger partial charge in [0.05, 0.1) is 0 Å². The fourth-order valence-corrected chi connectivity index (χ4v) is 1.62. The van der Waals surface area contributed by atoms with Crippen LogP contribution < -0.4 is 0 Å². The molecule has 0 radical (unpaired) electrons. The van der Waals surface area contributed by atoms with E-state index < -0.39 is 0 Å². The van der Waals surface area contributed by atoms with Gasteiger partial charge in [-0.05, 0) is 31.8 Å². The lowest BCUT2D eigenvalue weighted by atomic mass is 10.1. The van der Waals surface area contributed by atoms with Gasteiger partial charge in [0.1, 0.15) is 0 Å². The highest BCUT2D eigenvalue weighted by atomic mass is 15.1. The van der Waals surface area contributed by atoms with Crippen LogP contribution in [-0.4, -0.2) is 24.5 Å². The van der Waals surface area contributed by atoms with Gasteiger partial charge in [-0.15, -0.1) is 0 Å². The Morgan fingerprint density at radius 2 is 1.83 bits per heavy atom. The lowest BCUT2D eigenvalue weighted by Gasteiger charge is -2.24. The summed E-state index contributed by atoms with van der Waals surface area (Å²) in [6, 6.07) is 0. The summed E-state index contributed by atoms with van der Waals surface area (Å²) in [7, 11) is 0. The maximum atomic E-state index is 2.54.